The largest absolute Gasteiger partial charge is 0.361 e. The van der Waals surface area contributed by atoms with E-state index in [0.717, 1.165) is 4.47 Å². The van der Waals surface area contributed by atoms with Crippen molar-refractivity contribution >= 4 is 44.9 Å². The first-order valence-electron chi connectivity index (χ1n) is 5.87. The van der Waals surface area contributed by atoms with Crippen LogP contribution < -0.4 is 10.2 Å². The van der Waals surface area contributed by atoms with Crippen LogP contribution in [0.2, 0.25) is 5.02 Å². The first-order chi connectivity index (χ1) is 9.47. The van der Waals surface area contributed by atoms with Crippen LogP contribution in [0.3, 0.4) is 0 Å². The molecule has 0 fully saturated rings. The molecule has 0 spiro atoms. The Balaban J connectivity index is 2.28. The Morgan fingerprint density at radius 3 is 2.75 bits per heavy atom. The van der Waals surface area contributed by atoms with Gasteiger partial charge in [0.25, 0.3) is 5.91 Å². The Morgan fingerprint density at radius 2 is 2.10 bits per heavy atom. The molecule has 0 saturated carbocycles. The van der Waals surface area contributed by atoms with E-state index < -0.39 is 0 Å². The molecule has 0 aliphatic heterocycles. The minimum atomic E-state index is -0.232. The molecule has 1 aromatic heterocycles. The van der Waals surface area contributed by atoms with Gasteiger partial charge < -0.3 is 10.2 Å². The maximum atomic E-state index is 12.3. The van der Waals surface area contributed by atoms with Crippen LogP contribution in [-0.2, 0) is 0 Å². The molecule has 2 aromatic rings. The van der Waals surface area contributed by atoms with Crippen LogP contribution in [0, 0.1) is 0 Å². The maximum Gasteiger partial charge on any atom is 0.255 e. The summed E-state index contributed by atoms with van der Waals surface area (Å²) in [5.41, 5.74) is 1.14. The van der Waals surface area contributed by atoms with Crippen LogP contribution in [0.4, 0.5) is 11.5 Å². The van der Waals surface area contributed by atoms with Crippen molar-refractivity contribution in [3.63, 3.8) is 0 Å². The van der Waals surface area contributed by atoms with Gasteiger partial charge >= 0.3 is 0 Å². The number of rotatable bonds is 3. The van der Waals surface area contributed by atoms with Gasteiger partial charge in [-0.1, -0.05) is 27.5 Å². The van der Waals surface area contributed by atoms with E-state index in [1.807, 2.05) is 19.0 Å². The fourth-order valence-corrected chi connectivity index (χ4v) is 2.59. The summed E-state index contributed by atoms with van der Waals surface area (Å²) in [5.74, 6) is 0.464. The van der Waals surface area contributed by atoms with Crippen LogP contribution in [0.1, 0.15) is 10.4 Å². The van der Waals surface area contributed by atoms with Crippen molar-refractivity contribution in [1.82, 2.24) is 4.98 Å². The van der Waals surface area contributed by atoms with Crippen molar-refractivity contribution in [2.24, 2.45) is 0 Å². The van der Waals surface area contributed by atoms with E-state index in [1.54, 1.807) is 36.5 Å². The zero-order chi connectivity index (χ0) is 14.7. The molecule has 104 valence electrons. The zero-order valence-electron chi connectivity index (χ0n) is 11.0. The van der Waals surface area contributed by atoms with E-state index in [1.165, 1.54) is 0 Å². The molecule has 4 nitrogen and oxygen atoms in total. The molecular formula is C14H13BrClN3O. The van der Waals surface area contributed by atoms with Crippen LogP contribution in [0.25, 0.3) is 0 Å². The van der Waals surface area contributed by atoms with Gasteiger partial charge in [0.1, 0.15) is 0 Å². The molecular weight excluding hydrogens is 342 g/mol. The predicted octanol–water partition coefficient (Wildman–Crippen LogP) is 3.82. The normalized spacial score (nSPS) is 10.2. The second-order valence-electron chi connectivity index (χ2n) is 4.38. The van der Waals surface area contributed by atoms with Crippen molar-refractivity contribution in [3.8, 4) is 0 Å². The minimum absolute atomic E-state index is 0.232. The van der Waals surface area contributed by atoms with E-state index >= 15 is 0 Å². The number of anilines is 2. The van der Waals surface area contributed by atoms with E-state index in [2.05, 4.69) is 26.2 Å². The number of hydrogen-bond donors (Lipinski definition) is 1. The average Bonchev–Trinajstić information content (AvgIpc) is 2.37. The number of carbonyl (C=O) groups is 1. The molecule has 1 N–H and O–H groups in total. The van der Waals surface area contributed by atoms with E-state index in [0.29, 0.717) is 22.1 Å². The third-order valence-corrected chi connectivity index (χ3v) is 3.26. The van der Waals surface area contributed by atoms with Crippen molar-refractivity contribution < 1.29 is 4.79 Å². The number of hydrogen-bond acceptors (Lipinski definition) is 3. The van der Waals surface area contributed by atoms with Gasteiger partial charge in [0.15, 0.2) is 5.82 Å². The smallest absolute Gasteiger partial charge is 0.255 e. The van der Waals surface area contributed by atoms with Gasteiger partial charge in [-0.2, -0.15) is 0 Å². The Kier molecular flexibility index (Phi) is 4.62. The Bertz CT molecular complexity index is 626. The Labute approximate surface area is 130 Å². The highest BCUT2D eigenvalue weighted by molar-refractivity contribution is 9.10. The summed E-state index contributed by atoms with van der Waals surface area (Å²) in [6, 6.07) is 8.64. The lowest BCUT2D eigenvalue weighted by atomic mass is 10.2. The average molecular weight is 355 g/mol. The van der Waals surface area contributed by atoms with Gasteiger partial charge in [0, 0.05) is 35.4 Å². The molecule has 1 aromatic carbocycles. The quantitative estimate of drug-likeness (QED) is 0.911. The Hall–Kier alpha value is -1.59. The fraction of sp³-hybridized carbons (Fsp3) is 0.143. The van der Waals surface area contributed by atoms with E-state index in [4.69, 9.17) is 11.6 Å². The van der Waals surface area contributed by atoms with Crippen molar-refractivity contribution in [3.05, 3.63) is 51.6 Å². The topological polar surface area (TPSA) is 45.2 Å². The molecule has 1 amide bonds. The highest BCUT2D eigenvalue weighted by atomic mass is 79.9. The monoisotopic (exact) mass is 353 g/mol. The first-order valence-corrected chi connectivity index (χ1v) is 7.04. The molecule has 0 unspecified atom stereocenters. The fourth-order valence-electron chi connectivity index (χ4n) is 1.73. The Morgan fingerprint density at radius 1 is 1.35 bits per heavy atom. The summed E-state index contributed by atoms with van der Waals surface area (Å²) in [6.07, 6.45) is 1.68. The third kappa shape index (κ3) is 3.49. The SMILES string of the molecule is CN(C)c1ncccc1NC(=O)c1cc(Cl)cc(Br)c1. The summed E-state index contributed by atoms with van der Waals surface area (Å²) < 4.78 is 0.758. The molecule has 2 rings (SSSR count). The van der Waals surface area contributed by atoms with Gasteiger partial charge in [-0.3, -0.25) is 4.79 Å². The molecule has 0 bridgehead atoms. The summed E-state index contributed by atoms with van der Waals surface area (Å²) >= 11 is 9.27. The van der Waals surface area contributed by atoms with Crippen molar-refractivity contribution in [1.29, 1.82) is 0 Å². The van der Waals surface area contributed by atoms with Gasteiger partial charge in [0.2, 0.25) is 0 Å². The van der Waals surface area contributed by atoms with Crippen LogP contribution in [-0.4, -0.2) is 25.0 Å². The highest BCUT2D eigenvalue weighted by Crippen LogP contribution is 2.23. The molecule has 0 radical (unpaired) electrons. The number of aromatic nitrogens is 1. The maximum absolute atomic E-state index is 12.3. The molecule has 0 aliphatic rings. The standard InChI is InChI=1S/C14H13BrClN3O/c1-19(2)13-12(4-3-5-17-13)18-14(20)9-6-10(15)8-11(16)7-9/h3-8H,1-2H3,(H,18,20). The predicted molar refractivity (Wildman–Crippen MR) is 85.7 cm³/mol. The molecule has 20 heavy (non-hydrogen) atoms. The molecule has 0 saturated heterocycles. The third-order valence-electron chi connectivity index (χ3n) is 2.58. The van der Waals surface area contributed by atoms with Crippen LogP contribution in [0.15, 0.2) is 41.0 Å². The van der Waals surface area contributed by atoms with Gasteiger partial charge in [0.05, 0.1) is 5.69 Å². The number of pyridine rings is 1. The van der Waals surface area contributed by atoms with Gasteiger partial charge in [-0.15, -0.1) is 0 Å². The molecule has 0 aliphatic carbocycles. The lowest BCUT2D eigenvalue weighted by Gasteiger charge is -2.16. The summed E-state index contributed by atoms with van der Waals surface area (Å²) in [7, 11) is 3.74. The van der Waals surface area contributed by atoms with Gasteiger partial charge in [-0.25, -0.2) is 4.98 Å². The number of amides is 1. The van der Waals surface area contributed by atoms with Crippen molar-refractivity contribution in [2.75, 3.05) is 24.3 Å². The first kappa shape index (κ1) is 14.8. The minimum Gasteiger partial charge on any atom is -0.361 e. The highest BCUT2D eigenvalue weighted by Gasteiger charge is 2.12. The van der Waals surface area contributed by atoms with Crippen molar-refractivity contribution in [2.45, 2.75) is 0 Å². The number of nitrogens with one attached hydrogen (secondary N) is 1. The lowest BCUT2D eigenvalue weighted by Crippen LogP contribution is -2.17. The zero-order valence-corrected chi connectivity index (χ0v) is 13.4. The van der Waals surface area contributed by atoms with Crippen LogP contribution in [0.5, 0.6) is 0 Å². The van der Waals surface area contributed by atoms with E-state index in [-0.39, 0.29) is 5.91 Å². The summed E-state index contributed by atoms with van der Waals surface area (Å²) in [5, 5.41) is 3.34. The summed E-state index contributed by atoms with van der Waals surface area (Å²) in [4.78, 5) is 18.3. The lowest BCUT2D eigenvalue weighted by molar-refractivity contribution is 0.102. The van der Waals surface area contributed by atoms with E-state index in [9.17, 15) is 4.79 Å². The molecule has 0 atom stereocenters. The molecule has 6 heteroatoms. The van der Waals surface area contributed by atoms with Gasteiger partial charge in [-0.05, 0) is 30.3 Å². The second kappa shape index (κ2) is 6.24. The molecule has 1 heterocycles. The number of nitrogens with zero attached hydrogens (tertiary/aromatic N) is 2. The summed E-state index contributed by atoms with van der Waals surface area (Å²) in [6.45, 7) is 0. The number of halogens is 2. The second-order valence-corrected chi connectivity index (χ2v) is 5.73. The number of carbonyl (C=O) groups excluding carboxylic acids is 1. The number of benzene rings is 1. The van der Waals surface area contributed by atoms with Crippen LogP contribution >= 0.6 is 27.5 Å².